The Kier molecular flexibility index (Phi) is 4.54. The molecular weight excluding hydrogens is 346 g/mol. The summed E-state index contributed by atoms with van der Waals surface area (Å²) in [5, 5.41) is 13.9. The van der Waals surface area contributed by atoms with E-state index in [1.807, 2.05) is 67.2 Å². The number of nitrogens with zero attached hydrogens (tertiary/aromatic N) is 4. The Morgan fingerprint density at radius 2 is 1.82 bits per heavy atom. The second kappa shape index (κ2) is 7.16. The van der Waals surface area contributed by atoms with Crippen molar-refractivity contribution in [2.45, 2.75) is 27.3 Å². The van der Waals surface area contributed by atoms with Crippen molar-refractivity contribution in [1.29, 1.82) is 5.26 Å². The number of benzene rings is 2. The van der Waals surface area contributed by atoms with Crippen molar-refractivity contribution in [2.24, 2.45) is 0 Å². The molecule has 2 aromatic heterocycles. The van der Waals surface area contributed by atoms with Crippen molar-refractivity contribution in [3.63, 3.8) is 0 Å². The van der Waals surface area contributed by atoms with Crippen LogP contribution in [-0.4, -0.2) is 19.7 Å². The van der Waals surface area contributed by atoms with E-state index in [0.717, 1.165) is 45.2 Å². The van der Waals surface area contributed by atoms with Crippen LogP contribution in [0.15, 0.2) is 54.7 Å². The number of aromatic nitrogens is 4. The molecule has 0 amide bonds. The van der Waals surface area contributed by atoms with E-state index in [9.17, 15) is 0 Å². The molecule has 0 aliphatic rings. The van der Waals surface area contributed by atoms with Gasteiger partial charge < -0.3 is 4.98 Å². The van der Waals surface area contributed by atoms with Crippen LogP contribution in [-0.2, 0) is 6.54 Å². The summed E-state index contributed by atoms with van der Waals surface area (Å²) in [6.45, 7) is 6.70. The monoisotopic (exact) mass is 367 g/mol. The molecule has 5 nitrogen and oxygen atoms in total. The molecule has 0 unspecified atom stereocenters. The maximum absolute atomic E-state index is 9.17. The van der Waals surface area contributed by atoms with Gasteiger partial charge in [-0.3, -0.25) is 4.68 Å². The second-order valence-corrected chi connectivity index (χ2v) is 6.97. The lowest BCUT2D eigenvalue weighted by Crippen LogP contribution is -2.04. The van der Waals surface area contributed by atoms with E-state index in [4.69, 9.17) is 10.4 Å². The Bertz CT molecular complexity index is 1180. The summed E-state index contributed by atoms with van der Waals surface area (Å²) in [5.74, 6) is 0.861. The van der Waals surface area contributed by atoms with Crippen molar-refractivity contribution in [2.75, 3.05) is 0 Å². The van der Waals surface area contributed by atoms with Gasteiger partial charge in [0.25, 0.3) is 0 Å². The van der Waals surface area contributed by atoms with Gasteiger partial charge in [-0.25, -0.2) is 4.98 Å². The molecule has 0 spiro atoms. The maximum Gasteiger partial charge on any atom is 0.137 e. The molecule has 0 atom stereocenters. The van der Waals surface area contributed by atoms with Crippen molar-refractivity contribution < 1.29 is 0 Å². The minimum atomic E-state index is 0.627. The normalized spacial score (nSPS) is 10.8. The van der Waals surface area contributed by atoms with E-state index in [-0.39, 0.29) is 0 Å². The van der Waals surface area contributed by atoms with Gasteiger partial charge in [0, 0.05) is 16.8 Å². The Labute approximate surface area is 164 Å². The van der Waals surface area contributed by atoms with Crippen LogP contribution in [0.4, 0.5) is 0 Å². The number of nitrogens with one attached hydrogen (secondary N) is 1. The molecule has 0 fully saturated rings. The first-order chi connectivity index (χ1) is 13.6. The van der Waals surface area contributed by atoms with Crippen LogP contribution in [0, 0.1) is 32.1 Å². The number of hydrogen-bond donors (Lipinski definition) is 1. The fraction of sp³-hybridized carbons (Fsp3) is 0.174. The number of H-pyrrole nitrogens is 1. The fourth-order valence-electron chi connectivity index (χ4n) is 3.56. The highest BCUT2D eigenvalue weighted by atomic mass is 15.3. The minimum absolute atomic E-state index is 0.627. The number of nitriles is 1. The van der Waals surface area contributed by atoms with Crippen LogP contribution in [0.3, 0.4) is 0 Å². The van der Waals surface area contributed by atoms with Crippen molar-refractivity contribution in [1.82, 2.24) is 19.7 Å². The first-order valence-electron chi connectivity index (χ1n) is 9.21. The largest absolute Gasteiger partial charge is 0.340 e. The van der Waals surface area contributed by atoms with Crippen LogP contribution < -0.4 is 0 Å². The Morgan fingerprint density at radius 3 is 2.54 bits per heavy atom. The van der Waals surface area contributed by atoms with E-state index in [1.54, 1.807) is 0 Å². The third-order valence-electron chi connectivity index (χ3n) is 5.01. The summed E-state index contributed by atoms with van der Waals surface area (Å²) < 4.78 is 2.00. The third kappa shape index (κ3) is 3.21. The van der Waals surface area contributed by atoms with Crippen molar-refractivity contribution in [3.8, 4) is 28.6 Å². The van der Waals surface area contributed by atoms with E-state index < -0.39 is 0 Å². The smallest absolute Gasteiger partial charge is 0.137 e. The average Bonchev–Trinajstić information content (AvgIpc) is 3.27. The number of rotatable bonds is 4. The van der Waals surface area contributed by atoms with Crippen molar-refractivity contribution in [3.05, 3.63) is 82.9 Å². The summed E-state index contributed by atoms with van der Waals surface area (Å²) >= 11 is 0. The van der Waals surface area contributed by atoms with Gasteiger partial charge in [0.2, 0.25) is 0 Å². The summed E-state index contributed by atoms with van der Waals surface area (Å²) in [6.07, 6.45) is 1.87. The standard InChI is InChI=1S/C23H21N5/c1-15-11-19(9-10-20(15)12-24)22-16(2)27-28(17(22)3)14-21-13-25-23(26-21)18-7-5-4-6-8-18/h4-11,13H,14H2,1-3H3,(H,25,26). The Hall–Kier alpha value is -3.65. The van der Waals surface area contributed by atoms with Gasteiger partial charge in [-0.1, -0.05) is 36.4 Å². The molecule has 2 heterocycles. The minimum Gasteiger partial charge on any atom is -0.340 e. The molecule has 2 aromatic carbocycles. The van der Waals surface area contributed by atoms with E-state index in [1.165, 1.54) is 0 Å². The molecule has 0 saturated heterocycles. The summed E-state index contributed by atoms with van der Waals surface area (Å²) in [4.78, 5) is 7.89. The van der Waals surface area contributed by atoms with Crippen LogP contribution in [0.25, 0.3) is 22.5 Å². The van der Waals surface area contributed by atoms with Gasteiger partial charge in [0.1, 0.15) is 5.82 Å². The van der Waals surface area contributed by atoms with Gasteiger partial charge in [-0.05, 0) is 44.0 Å². The van der Waals surface area contributed by atoms with E-state index >= 15 is 0 Å². The first kappa shape index (κ1) is 17.7. The molecular formula is C23H21N5. The number of imidazole rings is 1. The SMILES string of the molecule is Cc1cc(-c2c(C)nn(Cc3cnc(-c4ccccc4)[nH]3)c2C)ccc1C#N. The molecule has 0 aliphatic heterocycles. The second-order valence-electron chi connectivity index (χ2n) is 6.97. The molecule has 5 heteroatoms. The lowest BCUT2D eigenvalue weighted by Gasteiger charge is -2.06. The lowest BCUT2D eigenvalue weighted by atomic mass is 9.99. The summed E-state index contributed by atoms with van der Waals surface area (Å²) in [6, 6.07) is 18.2. The van der Waals surface area contributed by atoms with Gasteiger partial charge in [0.15, 0.2) is 0 Å². The van der Waals surface area contributed by atoms with Gasteiger partial charge in [0.05, 0.1) is 35.8 Å². The highest BCUT2D eigenvalue weighted by Gasteiger charge is 2.15. The van der Waals surface area contributed by atoms with E-state index in [0.29, 0.717) is 12.1 Å². The van der Waals surface area contributed by atoms with E-state index in [2.05, 4.69) is 29.0 Å². The van der Waals surface area contributed by atoms with Gasteiger partial charge in [-0.2, -0.15) is 10.4 Å². The predicted octanol–water partition coefficient (Wildman–Crippen LogP) is 4.79. The molecule has 1 N–H and O–H groups in total. The number of aromatic amines is 1. The zero-order chi connectivity index (χ0) is 19.7. The average molecular weight is 367 g/mol. The zero-order valence-electron chi connectivity index (χ0n) is 16.2. The highest BCUT2D eigenvalue weighted by molar-refractivity contribution is 5.70. The quantitative estimate of drug-likeness (QED) is 0.564. The third-order valence-corrected chi connectivity index (χ3v) is 5.01. The van der Waals surface area contributed by atoms with Gasteiger partial charge in [-0.15, -0.1) is 0 Å². The number of hydrogen-bond acceptors (Lipinski definition) is 3. The molecule has 0 bridgehead atoms. The number of aryl methyl sites for hydroxylation is 2. The Morgan fingerprint density at radius 1 is 1.04 bits per heavy atom. The first-order valence-corrected chi connectivity index (χ1v) is 9.21. The molecule has 4 aromatic rings. The van der Waals surface area contributed by atoms with Crippen LogP contribution in [0.2, 0.25) is 0 Å². The summed E-state index contributed by atoms with van der Waals surface area (Å²) in [7, 11) is 0. The zero-order valence-corrected chi connectivity index (χ0v) is 16.2. The fourth-order valence-corrected chi connectivity index (χ4v) is 3.56. The Balaban J connectivity index is 1.64. The molecule has 0 aliphatic carbocycles. The molecule has 0 saturated carbocycles. The molecule has 4 rings (SSSR count). The van der Waals surface area contributed by atoms with Gasteiger partial charge >= 0.3 is 0 Å². The van der Waals surface area contributed by atoms with Crippen molar-refractivity contribution >= 4 is 0 Å². The predicted molar refractivity (Wildman–Crippen MR) is 110 cm³/mol. The molecule has 0 radical (unpaired) electrons. The summed E-state index contributed by atoms with van der Waals surface area (Å²) in [5.41, 5.74) is 8.04. The molecule has 138 valence electrons. The maximum atomic E-state index is 9.17. The van der Waals surface area contributed by atoms with Crippen LogP contribution in [0.5, 0.6) is 0 Å². The topological polar surface area (TPSA) is 70.3 Å². The van der Waals surface area contributed by atoms with Crippen LogP contribution in [0.1, 0.15) is 28.2 Å². The lowest BCUT2D eigenvalue weighted by molar-refractivity contribution is 0.649. The van der Waals surface area contributed by atoms with Crippen LogP contribution >= 0.6 is 0 Å². The highest BCUT2D eigenvalue weighted by Crippen LogP contribution is 2.29. The molecule has 28 heavy (non-hydrogen) atoms.